The third kappa shape index (κ3) is 5.60. The summed E-state index contributed by atoms with van der Waals surface area (Å²) in [4.78, 5) is 35.0. The molecule has 1 amide bonds. The van der Waals surface area contributed by atoms with Crippen LogP contribution in [0.5, 0.6) is 11.5 Å². The van der Waals surface area contributed by atoms with Crippen LogP contribution in [-0.2, 0) is 29.1 Å². The zero-order chi connectivity index (χ0) is 24.1. The van der Waals surface area contributed by atoms with Crippen molar-refractivity contribution in [2.45, 2.75) is 25.6 Å². The minimum absolute atomic E-state index is 0.0103. The van der Waals surface area contributed by atoms with E-state index in [9.17, 15) is 19.5 Å². The number of carbonyl (C=O) groups is 3. The number of amides is 1. The molecule has 9 nitrogen and oxygen atoms in total. The number of nitrogens with one attached hydrogen (secondary N) is 3. The summed E-state index contributed by atoms with van der Waals surface area (Å²) in [6, 6.07) is 17.3. The van der Waals surface area contributed by atoms with Gasteiger partial charge in [-0.25, -0.2) is 9.59 Å². The zero-order valence-electron chi connectivity index (χ0n) is 18.0. The Hall–Kier alpha value is -3.73. The van der Waals surface area contributed by atoms with Crippen molar-refractivity contribution in [2.75, 3.05) is 11.9 Å². The van der Waals surface area contributed by atoms with Crippen LogP contribution in [0, 0.1) is 0 Å². The predicted molar refractivity (Wildman–Crippen MR) is 127 cm³/mol. The number of aromatic carboxylic acids is 1. The Morgan fingerprint density at radius 3 is 2.41 bits per heavy atom. The quantitative estimate of drug-likeness (QED) is 0.310. The summed E-state index contributed by atoms with van der Waals surface area (Å²) in [7, 11) is 0. The third-order valence-corrected chi connectivity index (χ3v) is 6.50. The molecule has 0 fully saturated rings. The average Bonchev–Trinajstić information content (AvgIpc) is 3.18. The minimum Gasteiger partial charge on any atom is -0.478 e. The number of thiophene rings is 1. The minimum atomic E-state index is -1.66. The lowest BCUT2D eigenvalue weighted by Gasteiger charge is -2.24. The highest BCUT2D eigenvalue weighted by molar-refractivity contribution is 7.17. The van der Waals surface area contributed by atoms with E-state index in [1.165, 1.54) is 0 Å². The highest BCUT2D eigenvalue weighted by Crippen LogP contribution is 2.36. The first-order valence-corrected chi connectivity index (χ1v) is 11.4. The van der Waals surface area contributed by atoms with Crippen LogP contribution in [0.25, 0.3) is 0 Å². The maximum atomic E-state index is 11.8. The average molecular weight is 482 g/mol. The van der Waals surface area contributed by atoms with Gasteiger partial charge in [0.05, 0.1) is 5.56 Å². The summed E-state index contributed by atoms with van der Waals surface area (Å²) < 4.78 is 5.80. The van der Waals surface area contributed by atoms with Crippen LogP contribution in [0.2, 0.25) is 0 Å². The lowest BCUT2D eigenvalue weighted by molar-refractivity contribution is -0.147. The SMILES string of the molecule is O=C(O)C(=O)Nc1sc2c(c1C(=O)O)C[C@@H](CNCc1ccc(Oc3ccccc3)cc1)NC2. The van der Waals surface area contributed by atoms with E-state index in [1.54, 1.807) is 0 Å². The molecule has 3 aromatic rings. The van der Waals surface area contributed by atoms with Crippen LogP contribution in [0.3, 0.4) is 0 Å². The smallest absolute Gasteiger partial charge is 0.394 e. The van der Waals surface area contributed by atoms with Gasteiger partial charge < -0.3 is 30.9 Å². The Balaban J connectivity index is 1.33. The molecule has 0 saturated carbocycles. The molecule has 5 N–H and O–H groups in total. The first kappa shape index (κ1) is 23.4. The van der Waals surface area contributed by atoms with Crippen LogP contribution >= 0.6 is 11.3 Å². The molecule has 176 valence electrons. The van der Waals surface area contributed by atoms with Crippen LogP contribution in [-0.4, -0.2) is 40.6 Å². The largest absolute Gasteiger partial charge is 0.478 e. The third-order valence-electron chi connectivity index (χ3n) is 5.35. The fourth-order valence-corrected chi connectivity index (χ4v) is 4.90. The van der Waals surface area contributed by atoms with Crippen LogP contribution in [0.1, 0.15) is 26.4 Å². The van der Waals surface area contributed by atoms with Crippen molar-refractivity contribution in [1.82, 2.24) is 10.6 Å². The van der Waals surface area contributed by atoms with E-state index >= 15 is 0 Å². The maximum absolute atomic E-state index is 11.8. The van der Waals surface area contributed by atoms with Crippen molar-refractivity contribution in [1.29, 1.82) is 0 Å². The van der Waals surface area contributed by atoms with Crippen molar-refractivity contribution in [3.05, 3.63) is 76.2 Å². The summed E-state index contributed by atoms with van der Waals surface area (Å²) in [5.41, 5.74) is 1.68. The van der Waals surface area contributed by atoms with Gasteiger partial charge >= 0.3 is 17.8 Å². The van der Waals surface area contributed by atoms with Gasteiger partial charge in [-0.05, 0) is 41.8 Å². The molecule has 2 heterocycles. The first-order valence-electron chi connectivity index (χ1n) is 10.6. The number of hydrogen-bond acceptors (Lipinski definition) is 7. The number of hydrogen-bond donors (Lipinski definition) is 5. The van der Waals surface area contributed by atoms with Gasteiger partial charge in [0.15, 0.2) is 0 Å². The van der Waals surface area contributed by atoms with Gasteiger partial charge in [-0.3, -0.25) is 4.79 Å². The van der Waals surface area contributed by atoms with E-state index < -0.39 is 17.8 Å². The molecule has 1 aliphatic heterocycles. The first-order chi connectivity index (χ1) is 16.4. The topological polar surface area (TPSA) is 137 Å². The molecule has 1 aromatic heterocycles. The monoisotopic (exact) mass is 481 g/mol. The fraction of sp³-hybridized carbons (Fsp3) is 0.208. The molecule has 4 rings (SSSR count). The molecule has 0 spiro atoms. The molecule has 0 aliphatic carbocycles. The molecule has 0 radical (unpaired) electrons. The van der Waals surface area contributed by atoms with Gasteiger partial charge in [0, 0.05) is 30.6 Å². The van der Waals surface area contributed by atoms with Crippen LogP contribution in [0.4, 0.5) is 5.00 Å². The predicted octanol–water partition coefficient (Wildman–Crippen LogP) is 3.07. The van der Waals surface area contributed by atoms with Gasteiger partial charge in [-0.15, -0.1) is 11.3 Å². The Labute approximate surface area is 199 Å². The Morgan fingerprint density at radius 2 is 1.74 bits per heavy atom. The number of carboxylic acids is 2. The number of fused-ring (bicyclic) bond motifs is 1. The summed E-state index contributed by atoms with van der Waals surface area (Å²) in [5, 5.41) is 27.4. The molecule has 0 unspecified atom stereocenters. The van der Waals surface area contributed by atoms with Crippen LogP contribution < -0.4 is 20.7 Å². The summed E-state index contributed by atoms with van der Waals surface area (Å²) in [5.74, 6) is -2.59. The van der Waals surface area contributed by atoms with Crippen molar-refractivity contribution >= 4 is 34.2 Å². The molecule has 0 saturated heterocycles. The summed E-state index contributed by atoms with van der Waals surface area (Å²) in [6.45, 7) is 1.68. The molecule has 34 heavy (non-hydrogen) atoms. The number of carbonyl (C=O) groups excluding carboxylic acids is 1. The number of aliphatic carboxylic acids is 1. The number of anilines is 1. The van der Waals surface area contributed by atoms with Gasteiger partial charge in [-0.2, -0.15) is 0 Å². The highest BCUT2D eigenvalue weighted by atomic mass is 32.1. The number of ether oxygens (including phenoxy) is 1. The second-order valence-electron chi connectivity index (χ2n) is 7.74. The second-order valence-corrected chi connectivity index (χ2v) is 8.85. The number of carboxylic acid groups (broad SMARTS) is 2. The van der Waals surface area contributed by atoms with Gasteiger partial charge in [0.25, 0.3) is 0 Å². The van der Waals surface area contributed by atoms with E-state index in [4.69, 9.17) is 9.84 Å². The molecule has 2 aromatic carbocycles. The Kier molecular flexibility index (Phi) is 7.21. The normalized spacial score (nSPS) is 14.8. The highest BCUT2D eigenvalue weighted by Gasteiger charge is 2.30. The number of benzene rings is 2. The molecular weight excluding hydrogens is 458 g/mol. The van der Waals surface area contributed by atoms with E-state index in [0.717, 1.165) is 33.3 Å². The molecule has 1 aliphatic rings. The molecule has 1 atom stereocenters. The molecule has 10 heteroatoms. The maximum Gasteiger partial charge on any atom is 0.394 e. The van der Waals surface area contributed by atoms with Crippen molar-refractivity contribution in [2.24, 2.45) is 0 Å². The second kappa shape index (κ2) is 10.5. The molecular formula is C24H23N3O6S. The zero-order valence-corrected chi connectivity index (χ0v) is 18.9. The number of para-hydroxylation sites is 1. The van der Waals surface area contributed by atoms with E-state index in [-0.39, 0.29) is 16.6 Å². The summed E-state index contributed by atoms with van der Waals surface area (Å²) in [6.07, 6.45) is 0.452. The lowest BCUT2D eigenvalue weighted by Crippen LogP contribution is -2.42. The Bertz CT molecular complexity index is 1190. The molecule has 0 bridgehead atoms. The van der Waals surface area contributed by atoms with Gasteiger partial charge in [0.1, 0.15) is 16.5 Å². The summed E-state index contributed by atoms with van der Waals surface area (Å²) >= 11 is 1.09. The van der Waals surface area contributed by atoms with Crippen molar-refractivity contribution in [3.8, 4) is 11.5 Å². The lowest BCUT2D eigenvalue weighted by atomic mass is 9.98. The van der Waals surface area contributed by atoms with E-state index in [0.29, 0.717) is 31.6 Å². The van der Waals surface area contributed by atoms with Crippen LogP contribution in [0.15, 0.2) is 54.6 Å². The number of rotatable bonds is 8. The van der Waals surface area contributed by atoms with E-state index in [2.05, 4.69) is 16.0 Å². The Morgan fingerprint density at radius 1 is 1.03 bits per heavy atom. The van der Waals surface area contributed by atoms with Crippen molar-refractivity contribution in [3.63, 3.8) is 0 Å². The van der Waals surface area contributed by atoms with Gasteiger partial charge in [-0.1, -0.05) is 30.3 Å². The van der Waals surface area contributed by atoms with Gasteiger partial charge in [0.2, 0.25) is 0 Å². The van der Waals surface area contributed by atoms with E-state index in [1.807, 2.05) is 54.6 Å². The fourth-order valence-electron chi connectivity index (χ4n) is 3.73. The standard InChI is InChI=1S/C24H23N3O6S/c28-21(24(31)32)27-22-20(23(29)30)18-10-15(26-13-19(18)34-22)12-25-11-14-6-8-17(9-7-14)33-16-4-2-1-3-5-16/h1-9,15,25-26H,10-13H2,(H,27,28)(H,29,30)(H,31,32)/t15-/m0/s1. The van der Waals surface area contributed by atoms with Crippen molar-refractivity contribution < 1.29 is 29.3 Å².